The molecule has 4 nitrogen and oxygen atoms in total. The molecule has 2 unspecified atom stereocenters. The molecule has 1 fully saturated rings. The Morgan fingerprint density at radius 3 is 2.68 bits per heavy atom. The number of hydrogen-bond donors (Lipinski definition) is 0. The van der Waals surface area contributed by atoms with Crippen molar-refractivity contribution >= 4 is 26.0 Å². The van der Waals surface area contributed by atoms with Gasteiger partial charge in [-0.3, -0.25) is 0 Å². The number of morpholine rings is 1. The van der Waals surface area contributed by atoms with Crippen LogP contribution in [0.3, 0.4) is 0 Å². The Bertz CT molecular complexity index is 547. The minimum absolute atomic E-state index is 0.0879. The largest absolute Gasteiger partial charge is 0.372 e. The van der Waals surface area contributed by atoms with E-state index in [4.69, 9.17) is 4.74 Å². The van der Waals surface area contributed by atoms with Gasteiger partial charge in [-0.25, -0.2) is 8.42 Å². The normalized spacial score (nSPS) is 25.4. The fourth-order valence-electron chi connectivity index (χ4n) is 2.27. The van der Waals surface area contributed by atoms with Crippen LogP contribution in [-0.4, -0.2) is 43.4 Å². The van der Waals surface area contributed by atoms with E-state index in [1.165, 1.54) is 4.31 Å². The maximum absolute atomic E-state index is 12.7. The predicted molar refractivity (Wildman–Crippen MR) is 78.1 cm³/mol. The molecule has 0 spiro atoms. The van der Waals surface area contributed by atoms with Crippen molar-refractivity contribution in [2.75, 3.05) is 18.4 Å². The second-order valence-electron chi connectivity index (χ2n) is 4.81. The average molecular weight is 348 g/mol. The summed E-state index contributed by atoms with van der Waals surface area (Å²) in [5, 5.41) is 0.636. The van der Waals surface area contributed by atoms with Crippen molar-refractivity contribution in [3.8, 4) is 0 Å². The maximum atomic E-state index is 12.7. The smallest absolute Gasteiger partial charge is 0.243 e. The molecule has 0 aromatic heterocycles. The Morgan fingerprint density at radius 2 is 2.05 bits per heavy atom. The number of hydrogen-bond acceptors (Lipinski definition) is 3. The first-order chi connectivity index (χ1) is 8.95. The van der Waals surface area contributed by atoms with Crippen molar-refractivity contribution in [1.29, 1.82) is 0 Å². The molecule has 1 saturated heterocycles. The van der Waals surface area contributed by atoms with Gasteiger partial charge in [0.2, 0.25) is 10.0 Å². The highest BCUT2D eigenvalue weighted by Crippen LogP contribution is 2.23. The zero-order valence-electron chi connectivity index (χ0n) is 11.0. The molecule has 0 radical (unpaired) electrons. The number of ether oxygens (including phenoxy) is 1. The van der Waals surface area contributed by atoms with Crippen LogP contribution in [0.25, 0.3) is 0 Å². The van der Waals surface area contributed by atoms with Crippen molar-refractivity contribution < 1.29 is 13.2 Å². The zero-order chi connectivity index (χ0) is 14.0. The zero-order valence-corrected chi connectivity index (χ0v) is 13.4. The van der Waals surface area contributed by atoms with Gasteiger partial charge in [0, 0.05) is 18.4 Å². The lowest BCUT2D eigenvalue weighted by Crippen LogP contribution is -2.49. The van der Waals surface area contributed by atoms with Crippen LogP contribution in [0.5, 0.6) is 0 Å². The summed E-state index contributed by atoms with van der Waals surface area (Å²) in [5.41, 5.74) is 0.775. The van der Waals surface area contributed by atoms with Crippen LogP contribution in [0.4, 0.5) is 0 Å². The van der Waals surface area contributed by atoms with Gasteiger partial charge in [0.25, 0.3) is 0 Å². The Labute approximate surface area is 122 Å². The second kappa shape index (κ2) is 5.91. The lowest BCUT2D eigenvalue weighted by atomic mass is 10.2. The fraction of sp³-hybridized carbons (Fsp3) is 0.538. The van der Waals surface area contributed by atoms with E-state index in [9.17, 15) is 8.42 Å². The minimum atomic E-state index is -3.44. The summed E-state index contributed by atoms with van der Waals surface area (Å²) >= 11 is 3.36. The first-order valence-electron chi connectivity index (χ1n) is 6.22. The summed E-state index contributed by atoms with van der Waals surface area (Å²) < 4.78 is 32.5. The number of rotatable bonds is 3. The highest BCUT2D eigenvalue weighted by atomic mass is 79.9. The molecule has 1 heterocycles. The van der Waals surface area contributed by atoms with E-state index < -0.39 is 10.0 Å². The van der Waals surface area contributed by atoms with Crippen LogP contribution in [0.2, 0.25) is 0 Å². The molecule has 6 heteroatoms. The van der Waals surface area contributed by atoms with Gasteiger partial charge >= 0.3 is 0 Å². The van der Waals surface area contributed by atoms with Crippen molar-refractivity contribution in [3.63, 3.8) is 0 Å². The summed E-state index contributed by atoms with van der Waals surface area (Å²) in [6.45, 7) is 4.51. The van der Waals surface area contributed by atoms with Gasteiger partial charge in [-0.15, -0.1) is 0 Å². The van der Waals surface area contributed by atoms with E-state index in [2.05, 4.69) is 15.9 Å². The van der Waals surface area contributed by atoms with E-state index in [1.807, 2.05) is 26.0 Å². The first-order valence-corrected chi connectivity index (χ1v) is 8.78. The number of aryl methyl sites for hydroxylation is 1. The molecule has 0 N–H and O–H groups in total. The molecule has 2 rings (SSSR count). The lowest BCUT2D eigenvalue weighted by molar-refractivity contribution is -0.0411. The monoisotopic (exact) mass is 347 g/mol. The minimum Gasteiger partial charge on any atom is -0.372 e. The summed E-state index contributed by atoms with van der Waals surface area (Å²) in [7, 11) is -3.44. The predicted octanol–water partition coefficient (Wildman–Crippen LogP) is 2.17. The standard InChI is InChI=1S/C13H18BrNO3S/c1-10-5-3-4-6-13(10)19(16,17)15-8-11(2)18-12(7-14)9-15/h3-6,11-12H,7-9H2,1-2H3. The summed E-state index contributed by atoms with van der Waals surface area (Å²) in [4.78, 5) is 0.387. The van der Waals surface area contributed by atoms with Gasteiger partial charge in [0.05, 0.1) is 17.1 Å². The van der Waals surface area contributed by atoms with Crippen LogP contribution >= 0.6 is 15.9 Å². The van der Waals surface area contributed by atoms with E-state index in [-0.39, 0.29) is 12.2 Å². The molecule has 1 aromatic carbocycles. The molecule has 0 bridgehead atoms. The van der Waals surface area contributed by atoms with Crippen LogP contribution in [-0.2, 0) is 14.8 Å². The number of benzene rings is 1. The number of halogens is 1. The van der Waals surface area contributed by atoms with Crippen LogP contribution in [0.15, 0.2) is 29.2 Å². The molecular formula is C13H18BrNO3S. The Morgan fingerprint density at radius 1 is 1.37 bits per heavy atom. The van der Waals surface area contributed by atoms with Gasteiger partial charge in [-0.1, -0.05) is 34.1 Å². The van der Waals surface area contributed by atoms with Crippen LogP contribution in [0, 0.1) is 6.92 Å². The van der Waals surface area contributed by atoms with Crippen molar-refractivity contribution in [2.24, 2.45) is 0 Å². The molecule has 1 aromatic rings. The highest BCUT2D eigenvalue weighted by molar-refractivity contribution is 9.09. The van der Waals surface area contributed by atoms with E-state index in [1.54, 1.807) is 12.1 Å². The quantitative estimate of drug-likeness (QED) is 0.787. The van der Waals surface area contributed by atoms with Gasteiger partial charge in [0.15, 0.2) is 0 Å². The topological polar surface area (TPSA) is 46.6 Å². The number of sulfonamides is 1. The third-order valence-corrected chi connectivity index (χ3v) is 5.89. The van der Waals surface area contributed by atoms with Gasteiger partial charge in [0.1, 0.15) is 0 Å². The number of alkyl halides is 1. The molecule has 0 saturated carbocycles. The summed E-state index contributed by atoms with van der Waals surface area (Å²) in [6, 6.07) is 7.08. The van der Waals surface area contributed by atoms with Crippen LogP contribution in [0.1, 0.15) is 12.5 Å². The van der Waals surface area contributed by atoms with Crippen molar-refractivity contribution in [3.05, 3.63) is 29.8 Å². The fourth-order valence-corrected chi connectivity index (χ4v) is 4.40. The second-order valence-corrected chi connectivity index (χ2v) is 7.36. The lowest BCUT2D eigenvalue weighted by Gasteiger charge is -2.35. The van der Waals surface area contributed by atoms with E-state index in [0.717, 1.165) is 5.56 Å². The van der Waals surface area contributed by atoms with E-state index in [0.29, 0.717) is 23.3 Å². The summed E-state index contributed by atoms with van der Waals surface area (Å²) in [5.74, 6) is 0. The number of nitrogens with zero attached hydrogens (tertiary/aromatic N) is 1. The molecule has 2 atom stereocenters. The molecule has 106 valence electrons. The van der Waals surface area contributed by atoms with E-state index >= 15 is 0 Å². The first kappa shape index (κ1) is 15.0. The Balaban J connectivity index is 2.32. The van der Waals surface area contributed by atoms with Crippen molar-refractivity contribution in [1.82, 2.24) is 4.31 Å². The Hall–Kier alpha value is -0.430. The molecular weight excluding hydrogens is 330 g/mol. The average Bonchev–Trinajstić information content (AvgIpc) is 2.38. The maximum Gasteiger partial charge on any atom is 0.243 e. The highest BCUT2D eigenvalue weighted by Gasteiger charge is 2.33. The van der Waals surface area contributed by atoms with Gasteiger partial charge < -0.3 is 4.74 Å². The molecule has 1 aliphatic heterocycles. The molecule has 0 aliphatic carbocycles. The molecule has 0 amide bonds. The van der Waals surface area contributed by atoms with Gasteiger partial charge in [-0.2, -0.15) is 4.31 Å². The van der Waals surface area contributed by atoms with Crippen LogP contribution < -0.4 is 0 Å². The van der Waals surface area contributed by atoms with Crippen molar-refractivity contribution in [2.45, 2.75) is 31.0 Å². The molecule has 19 heavy (non-hydrogen) atoms. The molecule has 1 aliphatic rings. The summed E-state index contributed by atoms with van der Waals surface area (Å²) in [6.07, 6.45) is -0.183. The SMILES string of the molecule is Cc1ccccc1S(=O)(=O)N1CC(C)OC(CBr)C1. The third kappa shape index (κ3) is 3.18. The Kier molecular flexibility index (Phi) is 4.66. The van der Waals surface area contributed by atoms with Gasteiger partial charge in [-0.05, 0) is 25.5 Å². The third-order valence-electron chi connectivity index (χ3n) is 3.18.